The minimum absolute atomic E-state index is 0.780. The van der Waals surface area contributed by atoms with E-state index in [1.165, 1.54) is 50.1 Å². The lowest BCUT2D eigenvalue weighted by atomic mass is 9.97. The predicted molar refractivity (Wildman–Crippen MR) is 144 cm³/mol. The Balaban J connectivity index is 2.08. The Morgan fingerprint density at radius 3 is 0.824 bits per heavy atom. The first kappa shape index (κ1) is 25.7. The molecule has 0 aromatic heterocycles. The molecular formula is C30H39BO3. The molecule has 0 aliphatic heterocycles. The maximum atomic E-state index is 6.46. The van der Waals surface area contributed by atoms with Crippen molar-refractivity contribution in [1.29, 1.82) is 0 Å². The van der Waals surface area contributed by atoms with Crippen LogP contribution in [0.15, 0.2) is 18.2 Å². The van der Waals surface area contributed by atoms with Crippen LogP contribution >= 0.6 is 0 Å². The number of hydrogen-bond acceptors (Lipinski definition) is 3. The highest BCUT2D eigenvalue weighted by Gasteiger charge is 2.33. The molecule has 0 spiro atoms. The van der Waals surface area contributed by atoms with Gasteiger partial charge >= 0.3 is 7.32 Å². The molecule has 180 valence electrons. The normalized spacial score (nSPS) is 10.9. The average Bonchev–Trinajstić information content (AvgIpc) is 2.80. The summed E-state index contributed by atoms with van der Waals surface area (Å²) in [4.78, 5) is 0. The van der Waals surface area contributed by atoms with Crippen LogP contribution in [0.2, 0.25) is 0 Å². The SMILES string of the molecule is Cc1cc(OB(Oc2cc(C)c(C)c(C)c2C)Oc2cc(C)c(C)c(C)c2C)c(C)c(C)c1C. The van der Waals surface area contributed by atoms with Crippen molar-refractivity contribution in [2.45, 2.75) is 83.1 Å². The Kier molecular flexibility index (Phi) is 7.40. The summed E-state index contributed by atoms with van der Waals surface area (Å²) in [5.41, 5.74) is 14.4. The molecule has 0 saturated carbocycles. The zero-order valence-corrected chi connectivity index (χ0v) is 23.0. The molecule has 0 amide bonds. The molecule has 0 fully saturated rings. The Bertz CT molecular complexity index is 1100. The second-order valence-corrected chi connectivity index (χ2v) is 9.84. The summed E-state index contributed by atoms with van der Waals surface area (Å²) < 4.78 is 19.4. The highest BCUT2D eigenvalue weighted by molar-refractivity contribution is 6.39. The Morgan fingerprint density at radius 2 is 0.588 bits per heavy atom. The summed E-state index contributed by atoms with van der Waals surface area (Å²) in [6.45, 7) is 25.4. The molecule has 4 heteroatoms. The van der Waals surface area contributed by atoms with E-state index < -0.39 is 7.32 Å². The monoisotopic (exact) mass is 458 g/mol. The molecule has 0 unspecified atom stereocenters. The number of benzene rings is 3. The van der Waals surface area contributed by atoms with Crippen LogP contribution in [0.1, 0.15) is 66.8 Å². The van der Waals surface area contributed by atoms with Crippen molar-refractivity contribution in [2.75, 3.05) is 0 Å². The summed E-state index contributed by atoms with van der Waals surface area (Å²) >= 11 is 0. The minimum Gasteiger partial charge on any atom is -0.489 e. The Hall–Kier alpha value is -2.88. The van der Waals surface area contributed by atoms with Gasteiger partial charge < -0.3 is 14.0 Å². The molecule has 0 aliphatic rings. The van der Waals surface area contributed by atoms with Crippen molar-refractivity contribution >= 4 is 7.32 Å². The molecule has 0 radical (unpaired) electrons. The molecular weight excluding hydrogens is 419 g/mol. The summed E-state index contributed by atoms with van der Waals surface area (Å²) in [5, 5.41) is 0. The molecule has 0 saturated heterocycles. The molecule has 0 N–H and O–H groups in total. The predicted octanol–water partition coefficient (Wildman–Crippen LogP) is 7.91. The lowest BCUT2D eigenvalue weighted by Crippen LogP contribution is -2.38. The first-order valence-corrected chi connectivity index (χ1v) is 12.1. The minimum atomic E-state index is -0.930. The van der Waals surface area contributed by atoms with Gasteiger partial charge in [0.1, 0.15) is 17.2 Å². The zero-order valence-electron chi connectivity index (χ0n) is 23.0. The molecule has 0 aliphatic carbocycles. The zero-order chi connectivity index (χ0) is 25.5. The van der Waals surface area contributed by atoms with E-state index in [2.05, 4.69) is 101 Å². The van der Waals surface area contributed by atoms with E-state index in [4.69, 9.17) is 14.0 Å². The first-order valence-electron chi connectivity index (χ1n) is 12.1. The Labute approximate surface area is 206 Å². The van der Waals surface area contributed by atoms with Crippen molar-refractivity contribution in [1.82, 2.24) is 0 Å². The second kappa shape index (κ2) is 9.78. The van der Waals surface area contributed by atoms with Gasteiger partial charge in [-0.25, -0.2) is 0 Å². The van der Waals surface area contributed by atoms with Crippen molar-refractivity contribution in [3.8, 4) is 17.2 Å². The summed E-state index contributed by atoms with van der Waals surface area (Å²) in [6.07, 6.45) is 0. The molecule has 0 atom stereocenters. The smallest absolute Gasteiger partial charge is 0.489 e. The van der Waals surface area contributed by atoms with E-state index in [1.807, 2.05) is 0 Å². The number of aryl methyl sites for hydroxylation is 3. The van der Waals surface area contributed by atoms with E-state index in [0.717, 1.165) is 33.9 Å². The third-order valence-corrected chi connectivity index (χ3v) is 7.97. The van der Waals surface area contributed by atoms with Gasteiger partial charge in [0.25, 0.3) is 0 Å². The van der Waals surface area contributed by atoms with Crippen LogP contribution in [0, 0.1) is 83.1 Å². The summed E-state index contributed by atoms with van der Waals surface area (Å²) in [6, 6.07) is 6.23. The van der Waals surface area contributed by atoms with Crippen molar-refractivity contribution in [2.24, 2.45) is 0 Å². The lowest BCUT2D eigenvalue weighted by Gasteiger charge is -2.23. The molecule has 3 aromatic rings. The highest BCUT2D eigenvalue weighted by atomic mass is 16.7. The molecule has 3 aromatic carbocycles. The maximum Gasteiger partial charge on any atom is 0.864 e. The van der Waals surface area contributed by atoms with Gasteiger partial charge in [0.05, 0.1) is 0 Å². The molecule has 0 bridgehead atoms. The van der Waals surface area contributed by atoms with E-state index in [-0.39, 0.29) is 0 Å². The van der Waals surface area contributed by atoms with Crippen LogP contribution < -0.4 is 14.0 Å². The van der Waals surface area contributed by atoms with Gasteiger partial charge in [-0.2, -0.15) is 0 Å². The van der Waals surface area contributed by atoms with Gasteiger partial charge in [-0.1, -0.05) is 0 Å². The number of rotatable bonds is 6. The molecule has 34 heavy (non-hydrogen) atoms. The Morgan fingerprint density at radius 1 is 0.353 bits per heavy atom. The summed E-state index contributed by atoms with van der Waals surface area (Å²) in [7, 11) is -0.930. The van der Waals surface area contributed by atoms with Crippen LogP contribution in [-0.4, -0.2) is 7.32 Å². The fraction of sp³-hybridized carbons (Fsp3) is 0.400. The third-order valence-electron chi connectivity index (χ3n) is 7.97. The standard InChI is InChI=1S/C30H39BO3/c1-16-13-28(25(10)22(7)19(16)4)32-31(33-29-14-17(2)20(5)23(8)26(29)11)34-30-15-18(3)21(6)24(9)27(30)12/h13-15H,1-12H3. The topological polar surface area (TPSA) is 27.7 Å². The molecule has 0 heterocycles. The van der Waals surface area contributed by atoms with Crippen molar-refractivity contribution in [3.63, 3.8) is 0 Å². The number of hydrogen-bond donors (Lipinski definition) is 0. The van der Waals surface area contributed by atoms with E-state index in [1.54, 1.807) is 0 Å². The molecule has 3 rings (SSSR count). The summed E-state index contributed by atoms with van der Waals surface area (Å²) in [5.74, 6) is 2.34. The second-order valence-electron chi connectivity index (χ2n) is 9.84. The van der Waals surface area contributed by atoms with Crippen LogP contribution in [0.25, 0.3) is 0 Å². The average molecular weight is 458 g/mol. The van der Waals surface area contributed by atoms with E-state index in [9.17, 15) is 0 Å². The van der Waals surface area contributed by atoms with Crippen LogP contribution in [0.5, 0.6) is 17.2 Å². The van der Waals surface area contributed by atoms with Gasteiger partial charge in [-0.15, -0.1) is 0 Å². The van der Waals surface area contributed by atoms with Crippen LogP contribution in [-0.2, 0) is 0 Å². The quantitative estimate of drug-likeness (QED) is 0.351. The highest BCUT2D eigenvalue weighted by Crippen LogP contribution is 2.32. The third kappa shape index (κ3) is 4.82. The van der Waals surface area contributed by atoms with Gasteiger partial charge in [0.15, 0.2) is 0 Å². The largest absolute Gasteiger partial charge is 0.864 e. The van der Waals surface area contributed by atoms with Gasteiger partial charge in [-0.3, -0.25) is 0 Å². The fourth-order valence-corrected chi connectivity index (χ4v) is 4.28. The fourth-order valence-electron chi connectivity index (χ4n) is 4.28. The maximum absolute atomic E-state index is 6.46. The van der Waals surface area contributed by atoms with Gasteiger partial charge in [-0.05, 0) is 168 Å². The van der Waals surface area contributed by atoms with Gasteiger partial charge in [0.2, 0.25) is 0 Å². The van der Waals surface area contributed by atoms with Crippen molar-refractivity contribution in [3.05, 3.63) is 85.0 Å². The van der Waals surface area contributed by atoms with Crippen LogP contribution in [0.3, 0.4) is 0 Å². The van der Waals surface area contributed by atoms with Crippen LogP contribution in [0.4, 0.5) is 0 Å². The van der Waals surface area contributed by atoms with E-state index >= 15 is 0 Å². The van der Waals surface area contributed by atoms with Gasteiger partial charge in [0, 0.05) is 0 Å². The lowest BCUT2D eigenvalue weighted by molar-refractivity contribution is 0.304. The van der Waals surface area contributed by atoms with E-state index in [0.29, 0.717) is 0 Å². The van der Waals surface area contributed by atoms with Crippen molar-refractivity contribution < 1.29 is 14.0 Å². The first-order chi connectivity index (χ1) is 15.8. The molecule has 3 nitrogen and oxygen atoms in total.